The van der Waals surface area contributed by atoms with Crippen molar-refractivity contribution in [2.75, 3.05) is 10.5 Å². The highest BCUT2D eigenvalue weighted by atomic mass is 35.5. The van der Waals surface area contributed by atoms with Crippen molar-refractivity contribution >= 4 is 49.8 Å². The number of anilines is 1. The highest BCUT2D eigenvalue weighted by molar-refractivity contribution is 8.15. The van der Waals surface area contributed by atoms with Gasteiger partial charge in [0, 0.05) is 33.8 Å². The molecule has 1 heterocycles. The molecule has 3 rings (SSSR count). The number of hydrogen-bond donors (Lipinski definition) is 2. The number of fused-ring (bicyclic) bond motifs is 1. The van der Waals surface area contributed by atoms with Crippen molar-refractivity contribution in [1.82, 2.24) is 9.97 Å². The number of halogens is 2. The predicted molar refractivity (Wildman–Crippen MR) is 109 cm³/mol. The van der Waals surface area contributed by atoms with Gasteiger partial charge in [-0.25, -0.2) is 4.39 Å². The first kappa shape index (κ1) is 20.0. The summed E-state index contributed by atoms with van der Waals surface area (Å²) in [6.45, 7) is 1.78. The topological polar surface area (TPSA) is 89.0 Å². The summed E-state index contributed by atoms with van der Waals surface area (Å²) in [6, 6.07) is 6.90. The van der Waals surface area contributed by atoms with Crippen LogP contribution in [0.4, 0.5) is 10.1 Å². The van der Waals surface area contributed by atoms with Crippen molar-refractivity contribution in [1.29, 1.82) is 0 Å². The lowest BCUT2D eigenvalue weighted by molar-refractivity contribution is 0.103. The summed E-state index contributed by atoms with van der Waals surface area (Å²) in [5.41, 5.74) is 1.29. The lowest BCUT2D eigenvalue weighted by Gasteiger charge is -2.21. The number of rotatable bonds is 7. The van der Waals surface area contributed by atoms with E-state index >= 15 is 0 Å². The van der Waals surface area contributed by atoms with Gasteiger partial charge >= 0.3 is 0 Å². The number of hydrogen-bond acceptors (Lipinski definition) is 5. The molecule has 0 amide bonds. The third kappa shape index (κ3) is 3.93. The minimum atomic E-state index is -3.39. The van der Waals surface area contributed by atoms with Crippen LogP contribution in [0.3, 0.4) is 0 Å². The van der Waals surface area contributed by atoms with Gasteiger partial charge in [0.25, 0.3) is 0 Å². The van der Waals surface area contributed by atoms with Crippen LogP contribution in [0.2, 0.25) is 5.02 Å². The average Bonchev–Trinajstić information content (AvgIpc) is 2.70. The maximum atomic E-state index is 14.4. The quantitative estimate of drug-likeness (QED) is 0.345. The highest BCUT2D eigenvalue weighted by Crippen LogP contribution is 2.32. The van der Waals surface area contributed by atoms with Crippen molar-refractivity contribution in [2.24, 2.45) is 0 Å². The van der Waals surface area contributed by atoms with Gasteiger partial charge in [0.2, 0.25) is 0 Å². The number of nitrogens with one attached hydrogen (secondary N) is 1. The van der Waals surface area contributed by atoms with Crippen molar-refractivity contribution in [3.63, 3.8) is 0 Å². The maximum Gasteiger partial charge on any atom is 0.199 e. The van der Waals surface area contributed by atoms with E-state index in [-0.39, 0.29) is 27.6 Å². The van der Waals surface area contributed by atoms with E-state index in [1.54, 1.807) is 13.0 Å². The fourth-order valence-corrected chi connectivity index (χ4v) is 4.65. The molecule has 0 aliphatic heterocycles. The Morgan fingerprint density at radius 3 is 2.61 bits per heavy atom. The number of nitrogens with zero attached hydrogens (tertiary/aromatic N) is 2. The Morgan fingerprint density at radius 1 is 1.21 bits per heavy atom. The first-order chi connectivity index (χ1) is 13.4. The fourth-order valence-electron chi connectivity index (χ4n) is 2.77. The lowest BCUT2D eigenvalue weighted by atomic mass is 10.0. The Labute approximate surface area is 166 Å². The molecule has 0 aliphatic rings. The minimum absolute atomic E-state index is 0.0656. The van der Waals surface area contributed by atoms with E-state index in [0.717, 1.165) is 6.07 Å². The van der Waals surface area contributed by atoms with Gasteiger partial charge in [0.1, 0.15) is 5.82 Å². The molecule has 146 valence electrons. The van der Waals surface area contributed by atoms with E-state index < -0.39 is 21.7 Å². The van der Waals surface area contributed by atoms with Crippen LogP contribution < -0.4 is 4.72 Å². The normalized spacial score (nSPS) is 12.0. The SMILES string of the molecule is CCC[SH](=O)(C=O)Nc1ccc(F)c(C(=O)c2ccc3nccnc3c2)c1Cl. The van der Waals surface area contributed by atoms with Gasteiger partial charge in [0.05, 0.1) is 27.3 Å². The van der Waals surface area contributed by atoms with Crippen LogP contribution in [0.1, 0.15) is 29.3 Å². The number of thiol groups is 1. The summed E-state index contributed by atoms with van der Waals surface area (Å²) in [4.78, 5) is 32.4. The third-order valence-corrected chi connectivity index (χ3v) is 6.55. The zero-order valence-electron chi connectivity index (χ0n) is 14.9. The van der Waals surface area contributed by atoms with Crippen molar-refractivity contribution < 1.29 is 18.2 Å². The molecule has 6 nitrogen and oxygen atoms in total. The second-order valence-corrected chi connectivity index (χ2v) is 8.96. The molecule has 28 heavy (non-hydrogen) atoms. The van der Waals surface area contributed by atoms with E-state index in [0.29, 0.717) is 23.1 Å². The smallest absolute Gasteiger partial charge is 0.199 e. The van der Waals surface area contributed by atoms with Crippen LogP contribution in [0, 0.1) is 5.82 Å². The molecular weight excluding hydrogens is 405 g/mol. The lowest BCUT2D eigenvalue weighted by Crippen LogP contribution is -2.27. The standard InChI is InChI=1S/C19H17ClFN3O3S/c1-2-9-28(27,11-25)24-15-6-4-13(21)17(18(15)20)19(26)12-3-5-14-16(10-12)23-8-7-22-14/h3-8,10-11,28H,2,9H2,1H3,(H,24,27). The number of carbonyl (C=O) groups is 2. The number of aromatic nitrogens is 2. The largest absolute Gasteiger partial charge is 0.320 e. The Hall–Kier alpha value is -2.71. The molecule has 0 unspecified atom stereocenters. The molecule has 0 fully saturated rings. The van der Waals surface area contributed by atoms with Crippen molar-refractivity contribution in [2.45, 2.75) is 13.3 Å². The first-order valence-corrected chi connectivity index (χ1v) is 10.8. The van der Waals surface area contributed by atoms with Gasteiger partial charge < -0.3 is 4.72 Å². The number of carbonyl (C=O) groups excluding carboxylic acids is 2. The zero-order valence-corrected chi connectivity index (χ0v) is 16.5. The summed E-state index contributed by atoms with van der Waals surface area (Å²) in [7, 11) is -3.39. The van der Waals surface area contributed by atoms with Gasteiger partial charge in [-0.1, -0.05) is 18.5 Å². The summed E-state index contributed by atoms with van der Waals surface area (Å²) < 4.78 is 29.6. The third-order valence-electron chi connectivity index (χ3n) is 4.09. The van der Waals surface area contributed by atoms with Crippen LogP contribution >= 0.6 is 11.6 Å². The van der Waals surface area contributed by atoms with Crippen LogP contribution in [0.15, 0.2) is 42.7 Å². The first-order valence-electron chi connectivity index (χ1n) is 8.45. The van der Waals surface area contributed by atoms with Gasteiger partial charge in [0.15, 0.2) is 11.4 Å². The maximum absolute atomic E-state index is 14.4. The van der Waals surface area contributed by atoms with Crippen molar-refractivity contribution in [3.8, 4) is 0 Å². The average molecular weight is 422 g/mol. The van der Waals surface area contributed by atoms with Gasteiger partial charge in [-0.2, -0.15) is 0 Å². The second kappa shape index (κ2) is 8.12. The molecule has 0 saturated carbocycles. The molecule has 0 bridgehead atoms. The van der Waals surface area contributed by atoms with Gasteiger partial charge in [-0.15, -0.1) is 0 Å². The number of benzene rings is 2. The highest BCUT2D eigenvalue weighted by Gasteiger charge is 2.23. The summed E-state index contributed by atoms with van der Waals surface area (Å²) in [6.07, 6.45) is 3.52. The summed E-state index contributed by atoms with van der Waals surface area (Å²) >= 11 is 6.25. The molecule has 0 atom stereocenters. The van der Waals surface area contributed by atoms with Crippen LogP contribution in [-0.2, 0) is 14.9 Å². The Balaban J connectivity index is 2.04. The van der Waals surface area contributed by atoms with E-state index in [4.69, 9.17) is 11.6 Å². The van der Waals surface area contributed by atoms with Crippen LogP contribution in [0.5, 0.6) is 0 Å². The van der Waals surface area contributed by atoms with Gasteiger partial charge in [-0.3, -0.25) is 23.8 Å². The van der Waals surface area contributed by atoms with E-state index in [1.165, 1.54) is 30.6 Å². The summed E-state index contributed by atoms with van der Waals surface area (Å²) in [5.74, 6) is -1.36. The molecule has 9 heteroatoms. The van der Waals surface area contributed by atoms with Crippen molar-refractivity contribution in [3.05, 3.63) is 64.7 Å². The molecule has 3 aromatic rings. The summed E-state index contributed by atoms with van der Waals surface area (Å²) in [5, 5.41) is -0.234. The second-order valence-electron chi connectivity index (χ2n) is 6.11. The van der Waals surface area contributed by atoms with E-state index in [1.807, 2.05) is 0 Å². The Morgan fingerprint density at radius 2 is 1.93 bits per heavy atom. The molecule has 0 aliphatic carbocycles. The molecule has 1 N–H and O–H groups in total. The molecule has 2 aromatic carbocycles. The molecule has 0 spiro atoms. The minimum Gasteiger partial charge on any atom is -0.320 e. The molecular formula is C19H17ClFN3O3S. The zero-order chi connectivity index (χ0) is 20.3. The van der Waals surface area contributed by atoms with Crippen LogP contribution in [0.25, 0.3) is 11.0 Å². The van der Waals surface area contributed by atoms with Gasteiger partial charge in [-0.05, 0) is 36.8 Å². The Kier molecular flexibility index (Phi) is 5.81. The predicted octanol–water partition coefficient (Wildman–Crippen LogP) is 3.60. The molecule has 0 radical (unpaired) electrons. The number of ketones is 1. The molecule has 1 aromatic heterocycles. The fraction of sp³-hybridized carbons (Fsp3) is 0.158. The Bertz CT molecular complexity index is 1120. The monoisotopic (exact) mass is 421 g/mol. The van der Waals surface area contributed by atoms with Crippen LogP contribution in [-0.4, -0.2) is 31.3 Å². The van der Waals surface area contributed by atoms with E-state index in [9.17, 15) is 18.2 Å². The van der Waals surface area contributed by atoms with E-state index in [2.05, 4.69) is 14.7 Å². The molecule has 0 saturated heterocycles.